The van der Waals surface area contributed by atoms with Crippen molar-refractivity contribution in [2.75, 3.05) is 11.5 Å². The van der Waals surface area contributed by atoms with Crippen LogP contribution in [0.5, 0.6) is 0 Å². The molecule has 1 saturated heterocycles. The summed E-state index contributed by atoms with van der Waals surface area (Å²) in [7, 11) is -2.90. The lowest BCUT2D eigenvalue weighted by Crippen LogP contribution is -2.46. The molecule has 0 aliphatic carbocycles. The van der Waals surface area contributed by atoms with E-state index in [1.807, 2.05) is 117 Å². The van der Waals surface area contributed by atoms with Crippen molar-refractivity contribution in [1.82, 2.24) is 24.8 Å². The Morgan fingerprint density at radius 2 is 1.76 bits per heavy atom. The third-order valence-electron chi connectivity index (χ3n) is 11.1. The first-order chi connectivity index (χ1) is 26.0. The van der Waals surface area contributed by atoms with Gasteiger partial charge < -0.3 is 19.5 Å². The zero-order chi connectivity index (χ0) is 37.8. The average molecular weight is 806 g/mol. The van der Waals surface area contributed by atoms with E-state index in [-0.39, 0.29) is 42.0 Å². The lowest BCUT2D eigenvalue weighted by Gasteiger charge is -2.32. The van der Waals surface area contributed by atoms with E-state index in [0.29, 0.717) is 29.7 Å². The van der Waals surface area contributed by atoms with Crippen molar-refractivity contribution in [3.63, 3.8) is 0 Å². The van der Waals surface area contributed by atoms with Crippen LogP contribution in [0.1, 0.15) is 41.6 Å². The molecular weight excluding hydrogens is 764 g/mol. The molecule has 6 aromatic rings. The Morgan fingerprint density at radius 3 is 2.54 bits per heavy atom. The molecule has 2 aromatic heterocycles. The van der Waals surface area contributed by atoms with Gasteiger partial charge >= 0.3 is 0 Å². The van der Waals surface area contributed by atoms with Gasteiger partial charge in [-0.15, -0.1) is 5.10 Å². The highest BCUT2D eigenvalue weighted by atomic mass is 79.9. The number of carbonyl (C=O) groups excluding carboxylic acids is 1. The highest BCUT2D eigenvalue weighted by Gasteiger charge is 2.66. The summed E-state index contributed by atoms with van der Waals surface area (Å²) in [6, 6.07) is 30.4. The molecule has 0 saturated carbocycles. The van der Waals surface area contributed by atoms with Crippen molar-refractivity contribution in [3.05, 3.63) is 147 Å². The van der Waals surface area contributed by atoms with E-state index in [1.165, 1.54) is 4.68 Å². The van der Waals surface area contributed by atoms with Crippen LogP contribution in [0.2, 0.25) is 18.6 Å². The zero-order valence-corrected chi connectivity index (χ0v) is 32.8. The normalized spacial score (nSPS) is 21.6. The van der Waals surface area contributed by atoms with Crippen molar-refractivity contribution < 1.29 is 19.4 Å². The third kappa shape index (κ3) is 6.23. The number of aliphatic hydroxyl groups is 1. The Morgan fingerprint density at radius 1 is 0.981 bits per heavy atom. The van der Waals surface area contributed by atoms with Gasteiger partial charge in [-0.1, -0.05) is 88.7 Å². The highest BCUT2D eigenvalue weighted by molar-refractivity contribution is 9.10. The van der Waals surface area contributed by atoms with Crippen LogP contribution in [-0.2, 0) is 28.2 Å². The number of anilines is 1. The second-order valence-electron chi connectivity index (χ2n) is 14.9. The van der Waals surface area contributed by atoms with Gasteiger partial charge in [-0.2, -0.15) is 9.78 Å². The molecule has 1 spiro atoms. The smallest absolute Gasteiger partial charge is 0.279 e. The summed E-state index contributed by atoms with van der Waals surface area (Å²) in [6.45, 7) is 6.45. The first-order valence-corrected chi connectivity index (χ1v) is 22.0. The topological polar surface area (TPSA) is 136 Å². The summed E-state index contributed by atoms with van der Waals surface area (Å²) in [5.41, 5.74) is 2.75. The Labute approximate surface area is 322 Å². The van der Waals surface area contributed by atoms with Crippen LogP contribution in [0.25, 0.3) is 16.5 Å². The van der Waals surface area contributed by atoms with E-state index in [1.54, 1.807) is 21.8 Å². The van der Waals surface area contributed by atoms with Crippen LogP contribution in [0.4, 0.5) is 5.69 Å². The zero-order valence-electron chi connectivity index (χ0n) is 30.2. The molecule has 11 nitrogen and oxygen atoms in total. The van der Waals surface area contributed by atoms with E-state index in [0.717, 1.165) is 32.2 Å². The van der Waals surface area contributed by atoms with Gasteiger partial charge in [0.2, 0.25) is 0 Å². The molecule has 2 N–H and O–H groups in total. The molecule has 4 aromatic carbocycles. The molecule has 4 heterocycles. The molecule has 1 amide bonds. The standard InChI is InChI=1S/C41H41BrN6O5Si/c1-26-38(54(2,3)52)37(18-19-46-24-35(44-45-46)33(25-49)28-11-5-4-6-12-28)53-41(26)34-21-30(42)16-17-36(34)47(40(41)51)23-27-10-9-14-31(20-27)48-39(50)32-15-8-7-13-29(32)22-43-48/h4-17,20-22,24,26,33,37-38,49,52H,18-19,23,25H2,1-3H3/t26-,33?,37+,38-,41+/m1/s1. The summed E-state index contributed by atoms with van der Waals surface area (Å²) in [5.74, 6) is -0.823. The minimum atomic E-state index is -2.90. The van der Waals surface area contributed by atoms with Crippen molar-refractivity contribution in [1.29, 1.82) is 0 Å². The number of fused-ring (bicyclic) bond motifs is 3. The predicted octanol–water partition coefficient (Wildman–Crippen LogP) is 6.30. The van der Waals surface area contributed by atoms with Crippen LogP contribution in [0.15, 0.2) is 119 Å². The van der Waals surface area contributed by atoms with Gasteiger partial charge in [0.15, 0.2) is 13.9 Å². The maximum atomic E-state index is 15.0. The number of hydrogen-bond donors (Lipinski definition) is 2. The minimum Gasteiger partial charge on any atom is -0.432 e. The molecule has 276 valence electrons. The van der Waals surface area contributed by atoms with E-state index in [2.05, 4.69) is 31.3 Å². The minimum absolute atomic E-state index is 0.0996. The SMILES string of the molecule is C[C@@H]1[C@@H]([Si](C)(C)O)[C@H](CCn2cc(C(CO)c3ccccc3)nn2)O[C@@]12C(=O)N(Cc1cccc(-n3ncc4ccccc4c3=O)c1)c1ccc(Br)cc12. The Kier molecular flexibility index (Phi) is 9.47. The highest BCUT2D eigenvalue weighted by Crippen LogP contribution is 2.60. The van der Waals surface area contributed by atoms with Crippen molar-refractivity contribution in [3.8, 4) is 5.69 Å². The number of rotatable bonds is 10. The Hall–Kier alpha value is -4.79. The number of amides is 1. The third-order valence-corrected chi connectivity index (χ3v) is 14.1. The summed E-state index contributed by atoms with van der Waals surface area (Å²) >= 11 is 3.65. The molecule has 13 heteroatoms. The number of benzene rings is 4. The van der Waals surface area contributed by atoms with Crippen LogP contribution >= 0.6 is 15.9 Å². The molecule has 2 aliphatic rings. The van der Waals surface area contributed by atoms with E-state index >= 15 is 4.79 Å². The van der Waals surface area contributed by atoms with Gasteiger partial charge in [0, 0.05) is 39.6 Å². The number of aryl methyl sites for hydroxylation is 1. The number of aromatic nitrogens is 5. The van der Waals surface area contributed by atoms with Gasteiger partial charge in [0.1, 0.15) is 0 Å². The summed E-state index contributed by atoms with van der Waals surface area (Å²) in [6.07, 6.45) is 3.59. The monoisotopic (exact) mass is 804 g/mol. The Balaban J connectivity index is 1.09. The van der Waals surface area contributed by atoms with Crippen LogP contribution in [0.3, 0.4) is 0 Å². The maximum absolute atomic E-state index is 15.0. The van der Waals surface area contributed by atoms with Crippen LogP contribution in [-0.4, -0.2) is 61.6 Å². The van der Waals surface area contributed by atoms with Crippen molar-refractivity contribution in [2.24, 2.45) is 5.92 Å². The van der Waals surface area contributed by atoms with Crippen molar-refractivity contribution >= 4 is 46.6 Å². The predicted molar refractivity (Wildman–Crippen MR) is 212 cm³/mol. The number of carbonyl (C=O) groups is 1. The fraction of sp³-hybridized carbons (Fsp3) is 0.293. The number of ether oxygens (including phenoxy) is 1. The van der Waals surface area contributed by atoms with Crippen LogP contribution in [0, 0.1) is 5.92 Å². The quantitative estimate of drug-likeness (QED) is 0.154. The van der Waals surface area contributed by atoms with Crippen LogP contribution < -0.4 is 10.5 Å². The average Bonchev–Trinajstić information content (AvgIpc) is 3.82. The lowest BCUT2D eigenvalue weighted by atomic mass is 9.82. The first-order valence-electron chi connectivity index (χ1n) is 18.1. The van der Waals surface area contributed by atoms with Gasteiger partial charge in [0.25, 0.3) is 11.5 Å². The number of halogens is 1. The summed E-state index contributed by atoms with van der Waals surface area (Å²) < 4.78 is 11.0. The first kappa shape index (κ1) is 36.2. The second-order valence-corrected chi connectivity index (χ2v) is 19.8. The van der Waals surface area contributed by atoms with Crippen molar-refractivity contribution in [2.45, 2.75) is 62.7 Å². The van der Waals surface area contributed by atoms with Gasteiger partial charge in [-0.25, -0.2) is 0 Å². The molecule has 0 radical (unpaired) electrons. The number of aliphatic hydroxyl groups excluding tert-OH is 1. The van der Waals surface area contributed by atoms with E-state index < -0.39 is 20.0 Å². The van der Waals surface area contributed by atoms with E-state index in [4.69, 9.17) is 4.74 Å². The molecule has 1 fully saturated rings. The molecule has 5 atom stereocenters. The maximum Gasteiger partial charge on any atom is 0.279 e. The molecule has 0 bridgehead atoms. The van der Waals surface area contributed by atoms with Gasteiger partial charge in [0.05, 0.1) is 53.8 Å². The molecule has 2 aliphatic heterocycles. The molecule has 54 heavy (non-hydrogen) atoms. The fourth-order valence-electron chi connectivity index (χ4n) is 8.62. The Bertz CT molecular complexity index is 2420. The van der Waals surface area contributed by atoms with Gasteiger partial charge in [-0.05, 0) is 67.0 Å². The molecule has 8 rings (SSSR count). The number of hydrogen-bond acceptors (Lipinski definition) is 8. The van der Waals surface area contributed by atoms with E-state index in [9.17, 15) is 14.7 Å². The fourth-order valence-corrected chi connectivity index (χ4v) is 11.6. The number of nitrogens with zero attached hydrogens (tertiary/aromatic N) is 6. The summed E-state index contributed by atoms with van der Waals surface area (Å²) in [4.78, 5) is 42.0. The lowest BCUT2D eigenvalue weighted by molar-refractivity contribution is -0.146. The molecule has 1 unspecified atom stereocenters. The second kappa shape index (κ2) is 14.1. The molecular formula is C41H41BrN6O5Si. The van der Waals surface area contributed by atoms with Gasteiger partial charge in [-0.3, -0.25) is 14.3 Å². The summed E-state index contributed by atoms with van der Waals surface area (Å²) in [5, 5.41) is 24.7. The largest absolute Gasteiger partial charge is 0.432 e.